The summed E-state index contributed by atoms with van der Waals surface area (Å²) >= 11 is 0. The highest BCUT2D eigenvalue weighted by molar-refractivity contribution is 5.80. The van der Waals surface area contributed by atoms with Gasteiger partial charge in [0, 0.05) is 12.1 Å². The first-order valence-electron chi connectivity index (χ1n) is 13.2. The Morgan fingerprint density at radius 2 is 1.68 bits per heavy atom. The summed E-state index contributed by atoms with van der Waals surface area (Å²) in [4.78, 5) is 13.5. The van der Waals surface area contributed by atoms with E-state index in [0.717, 1.165) is 58.9 Å². The molecule has 1 fully saturated rings. The number of nitrogens with one attached hydrogen (secondary N) is 1. The van der Waals surface area contributed by atoms with E-state index >= 15 is 0 Å². The van der Waals surface area contributed by atoms with Gasteiger partial charge in [0.15, 0.2) is 5.82 Å². The zero-order chi connectivity index (χ0) is 26.7. The Labute approximate surface area is 218 Å². The van der Waals surface area contributed by atoms with Gasteiger partial charge in [-0.05, 0) is 52.3 Å². The van der Waals surface area contributed by atoms with Crippen molar-refractivity contribution in [1.29, 1.82) is 0 Å². The number of hydrogen-bond donors (Lipinski definition) is 1. The van der Waals surface area contributed by atoms with Crippen molar-refractivity contribution in [3.63, 3.8) is 0 Å². The average Bonchev–Trinajstić information content (AvgIpc) is 3.54. The predicted molar refractivity (Wildman–Crippen MR) is 138 cm³/mol. The number of rotatable bonds is 8. The zero-order valence-electron chi connectivity index (χ0n) is 21.3. The molecule has 38 heavy (non-hydrogen) atoms. The smallest absolute Gasteiger partial charge is 0.291 e. The highest BCUT2D eigenvalue weighted by Gasteiger charge is 2.40. The molecule has 0 saturated heterocycles. The molecule has 0 spiro atoms. The van der Waals surface area contributed by atoms with E-state index in [-0.39, 0.29) is 31.1 Å². The number of halogens is 3. The van der Waals surface area contributed by atoms with E-state index in [1.807, 2.05) is 55.5 Å². The summed E-state index contributed by atoms with van der Waals surface area (Å²) in [5.74, 6) is 0.645. The first-order valence-corrected chi connectivity index (χ1v) is 13.2. The van der Waals surface area contributed by atoms with E-state index in [1.54, 1.807) is 0 Å². The summed E-state index contributed by atoms with van der Waals surface area (Å²) in [6.45, 7) is 2.05. The van der Waals surface area contributed by atoms with Gasteiger partial charge in [-0.15, -0.1) is 5.10 Å². The number of nitrogens with zero attached hydrogens (tertiary/aromatic N) is 5. The van der Waals surface area contributed by atoms with Crippen molar-refractivity contribution in [3.05, 3.63) is 76.0 Å². The molecule has 1 saturated carbocycles. The number of aromatic amines is 1. The summed E-state index contributed by atoms with van der Waals surface area (Å²) in [5.41, 5.74) is 2.15. The molecular formula is C28H31F3N6O. The van der Waals surface area contributed by atoms with Crippen LogP contribution in [-0.2, 0) is 25.7 Å². The van der Waals surface area contributed by atoms with E-state index in [2.05, 4.69) is 20.6 Å². The molecule has 0 aliphatic heterocycles. The normalized spacial score (nSPS) is 14.7. The van der Waals surface area contributed by atoms with Crippen LogP contribution in [0.1, 0.15) is 62.4 Å². The van der Waals surface area contributed by atoms with Crippen molar-refractivity contribution in [2.75, 3.05) is 0 Å². The Kier molecular flexibility index (Phi) is 7.49. The van der Waals surface area contributed by atoms with E-state index in [9.17, 15) is 18.0 Å². The molecule has 200 valence electrons. The summed E-state index contributed by atoms with van der Waals surface area (Å²) in [6, 6.07) is 15.2. The quantitative estimate of drug-likeness (QED) is 0.302. The second kappa shape index (κ2) is 11.0. The van der Waals surface area contributed by atoms with Crippen molar-refractivity contribution >= 4 is 0 Å². The SMILES string of the molecule is CCCc1c(C(F)(F)F)n(CC2CCCCC2)c(=O)n1Cc1ccc(-c2ccccc2-c2nnn[nH]2)cc1. The number of H-pyrrole nitrogens is 1. The highest BCUT2D eigenvalue weighted by atomic mass is 19.4. The van der Waals surface area contributed by atoms with Crippen molar-refractivity contribution in [2.45, 2.75) is 71.1 Å². The molecule has 7 nitrogen and oxygen atoms in total. The van der Waals surface area contributed by atoms with E-state index in [1.165, 1.54) is 4.57 Å². The van der Waals surface area contributed by atoms with Crippen molar-refractivity contribution in [1.82, 2.24) is 29.8 Å². The van der Waals surface area contributed by atoms with E-state index in [4.69, 9.17) is 0 Å². The number of imidazole rings is 1. The molecule has 4 aromatic rings. The lowest BCUT2D eigenvalue weighted by atomic mass is 9.89. The van der Waals surface area contributed by atoms with Crippen LogP contribution in [-0.4, -0.2) is 29.8 Å². The number of alkyl halides is 3. The number of benzene rings is 2. The maximum atomic E-state index is 14.3. The molecule has 2 aromatic carbocycles. The van der Waals surface area contributed by atoms with Crippen molar-refractivity contribution in [2.24, 2.45) is 5.92 Å². The molecule has 0 radical (unpaired) electrons. The fraction of sp³-hybridized carbons (Fsp3) is 0.429. The van der Waals surface area contributed by atoms with Crippen molar-refractivity contribution in [3.8, 4) is 22.5 Å². The molecular weight excluding hydrogens is 493 g/mol. The minimum Gasteiger partial charge on any atom is -0.291 e. The van der Waals surface area contributed by atoms with Crippen LogP contribution in [0.4, 0.5) is 13.2 Å². The predicted octanol–water partition coefficient (Wildman–Crippen LogP) is 6.10. The second-order valence-corrected chi connectivity index (χ2v) is 10.0. The van der Waals surface area contributed by atoms with Gasteiger partial charge >= 0.3 is 11.9 Å². The Balaban J connectivity index is 1.49. The van der Waals surface area contributed by atoms with Gasteiger partial charge in [-0.2, -0.15) is 13.2 Å². The first kappa shape index (κ1) is 25.9. The van der Waals surface area contributed by atoms with Crippen LogP contribution in [0.2, 0.25) is 0 Å². The molecule has 0 amide bonds. The van der Waals surface area contributed by atoms with Crippen LogP contribution in [0.3, 0.4) is 0 Å². The minimum absolute atomic E-state index is 0.0769. The summed E-state index contributed by atoms with van der Waals surface area (Å²) in [5, 5.41) is 14.1. The lowest BCUT2D eigenvalue weighted by Crippen LogP contribution is -2.30. The third-order valence-corrected chi connectivity index (χ3v) is 7.38. The third kappa shape index (κ3) is 5.30. The topological polar surface area (TPSA) is 81.4 Å². The van der Waals surface area contributed by atoms with Crippen LogP contribution in [0.25, 0.3) is 22.5 Å². The van der Waals surface area contributed by atoms with Crippen LogP contribution >= 0.6 is 0 Å². The van der Waals surface area contributed by atoms with Gasteiger partial charge in [-0.25, -0.2) is 9.89 Å². The van der Waals surface area contributed by atoms with Gasteiger partial charge in [0.25, 0.3) is 0 Å². The largest absolute Gasteiger partial charge is 0.433 e. The molecule has 1 aliphatic rings. The Morgan fingerprint density at radius 1 is 0.974 bits per heavy atom. The van der Waals surface area contributed by atoms with Gasteiger partial charge in [-0.3, -0.25) is 9.13 Å². The molecule has 0 bridgehead atoms. The lowest BCUT2D eigenvalue weighted by Gasteiger charge is -2.23. The van der Waals surface area contributed by atoms with Gasteiger partial charge in [0.05, 0.1) is 12.2 Å². The standard InChI is InChI=1S/C28H31F3N6O/c1-2-8-24-25(28(29,30)31)37(18-19-9-4-3-5-10-19)27(38)36(24)17-20-13-15-21(16-14-20)22-11-6-7-12-23(22)26-32-34-35-33-26/h6-7,11-16,19H,2-5,8-10,17-18H2,1H3,(H,32,33,34,35). The maximum Gasteiger partial charge on any atom is 0.433 e. The van der Waals surface area contributed by atoms with Crippen LogP contribution in [0, 0.1) is 5.92 Å². The first-order chi connectivity index (χ1) is 18.4. The summed E-state index contributed by atoms with van der Waals surface area (Å²) < 4.78 is 45.3. The molecule has 0 unspecified atom stereocenters. The zero-order valence-corrected chi connectivity index (χ0v) is 21.3. The number of tetrazole rings is 1. The lowest BCUT2D eigenvalue weighted by molar-refractivity contribution is -0.144. The summed E-state index contributed by atoms with van der Waals surface area (Å²) in [7, 11) is 0. The average molecular weight is 525 g/mol. The monoisotopic (exact) mass is 524 g/mol. The van der Waals surface area contributed by atoms with E-state index in [0.29, 0.717) is 12.2 Å². The molecule has 2 heterocycles. The molecule has 2 aromatic heterocycles. The Morgan fingerprint density at radius 3 is 2.32 bits per heavy atom. The van der Waals surface area contributed by atoms with Crippen LogP contribution < -0.4 is 5.69 Å². The molecule has 10 heteroatoms. The van der Waals surface area contributed by atoms with Gasteiger partial charge in [0.2, 0.25) is 0 Å². The second-order valence-electron chi connectivity index (χ2n) is 10.0. The van der Waals surface area contributed by atoms with Gasteiger partial charge in [-0.1, -0.05) is 81.1 Å². The highest BCUT2D eigenvalue weighted by Crippen LogP contribution is 2.35. The van der Waals surface area contributed by atoms with Gasteiger partial charge in [0.1, 0.15) is 5.69 Å². The number of aromatic nitrogens is 6. The fourth-order valence-corrected chi connectivity index (χ4v) is 5.59. The third-order valence-electron chi connectivity index (χ3n) is 7.38. The van der Waals surface area contributed by atoms with E-state index < -0.39 is 17.6 Å². The molecule has 1 N–H and O–H groups in total. The number of hydrogen-bond acceptors (Lipinski definition) is 4. The minimum atomic E-state index is -4.59. The maximum absolute atomic E-state index is 14.3. The summed E-state index contributed by atoms with van der Waals surface area (Å²) in [6.07, 6.45) is 0.969. The Bertz CT molecular complexity index is 1410. The molecule has 1 aliphatic carbocycles. The van der Waals surface area contributed by atoms with Crippen LogP contribution in [0.5, 0.6) is 0 Å². The van der Waals surface area contributed by atoms with Crippen LogP contribution in [0.15, 0.2) is 53.3 Å². The van der Waals surface area contributed by atoms with Gasteiger partial charge < -0.3 is 0 Å². The van der Waals surface area contributed by atoms with Crippen molar-refractivity contribution < 1.29 is 13.2 Å². The molecule has 5 rings (SSSR count). The fourth-order valence-electron chi connectivity index (χ4n) is 5.59. The Hall–Kier alpha value is -3.69. The molecule has 0 atom stereocenters.